The highest BCUT2D eigenvalue weighted by Crippen LogP contribution is 2.49. The van der Waals surface area contributed by atoms with Crippen LogP contribution in [0, 0.1) is 0 Å². The topological polar surface area (TPSA) is 8.17 Å². The van der Waals surface area contributed by atoms with Crippen molar-refractivity contribution >= 4 is 81.1 Å². The summed E-state index contributed by atoms with van der Waals surface area (Å²) in [5, 5.41) is 7.48. The van der Waals surface area contributed by atoms with Gasteiger partial charge < -0.3 is 9.47 Å². The van der Waals surface area contributed by atoms with Crippen molar-refractivity contribution in [1.29, 1.82) is 0 Å². The molecule has 258 valence electrons. The van der Waals surface area contributed by atoms with Crippen molar-refractivity contribution in [3.8, 4) is 27.9 Å². The fourth-order valence-corrected chi connectivity index (χ4v) is 9.75. The van der Waals surface area contributed by atoms with E-state index in [-0.39, 0.29) is 0 Å². The van der Waals surface area contributed by atoms with Gasteiger partial charge in [-0.25, -0.2) is 0 Å². The highest BCUT2D eigenvalue weighted by atomic mass is 32.1. The molecule has 9 aromatic carbocycles. The first-order valence-electron chi connectivity index (χ1n) is 18.8. The van der Waals surface area contributed by atoms with Crippen LogP contribution in [0.15, 0.2) is 206 Å². The van der Waals surface area contributed by atoms with E-state index in [1.165, 1.54) is 75.0 Å². The SMILES string of the molecule is c1ccc(-c2cccc3cccc(-c4ccccc4N(c4ccc5c(c4)c4ccccc4n5-c4ccccc4)c4cccc5sc6ccccc6c45)c23)cc1. The molecule has 0 saturated carbocycles. The first-order chi connectivity index (χ1) is 27.3. The number of thiophene rings is 1. The molecule has 11 aromatic rings. The Kier molecular flexibility index (Phi) is 7.39. The third-order valence-electron chi connectivity index (χ3n) is 11.0. The molecule has 0 spiro atoms. The van der Waals surface area contributed by atoms with Crippen molar-refractivity contribution in [2.45, 2.75) is 0 Å². The Morgan fingerprint density at radius 2 is 1.00 bits per heavy atom. The van der Waals surface area contributed by atoms with E-state index in [0.29, 0.717) is 0 Å². The van der Waals surface area contributed by atoms with Gasteiger partial charge in [-0.15, -0.1) is 11.3 Å². The summed E-state index contributed by atoms with van der Waals surface area (Å²) in [5.74, 6) is 0. The van der Waals surface area contributed by atoms with Gasteiger partial charge in [-0.1, -0.05) is 146 Å². The van der Waals surface area contributed by atoms with Gasteiger partial charge in [0.2, 0.25) is 0 Å². The molecule has 0 aliphatic heterocycles. The second-order valence-electron chi connectivity index (χ2n) is 14.1. The maximum Gasteiger partial charge on any atom is 0.0555 e. The van der Waals surface area contributed by atoms with Gasteiger partial charge in [0.1, 0.15) is 0 Å². The van der Waals surface area contributed by atoms with Crippen LogP contribution < -0.4 is 4.90 Å². The van der Waals surface area contributed by atoms with E-state index in [9.17, 15) is 0 Å². The van der Waals surface area contributed by atoms with Crippen LogP contribution in [0.3, 0.4) is 0 Å². The van der Waals surface area contributed by atoms with Crippen LogP contribution in [0.5, 0.6) is 0 Å². The molecule has 55 heavy (non-hydrogen) atoms. The van der Waals surface area contributed by atoms with Crippen LogP contribution >= 0.6 is 11.3 Å². The van der Waals surface area contributed by atoms with Crippen molar-refractivity contribution in [3.63, 3.8) is 0 Å². The normalized spacial score (nSPS) is 11.6. The van der Waals surface area contributed by atoms with Crippen LogP contribution in [0.4, 0.5) is 17.1 Å². The standard InChI is InChI=1S/C52H34N2S/c1-3-16-35(17-4-1)39-25-13-18-36-19-14-26-42(51(36)39)40-22-7-10-27-45(40)54(48-29-15-31-50-52(48)43-24-9-12-30-49(43)55-50)38-32-33-47-44(34-38)41-23-8-11-28-46(41)53(47)37-20-5-2-6-21-37/h1-34H. The van der Waals surface area contributed by atoms with Crippen LogP contribution in [-0.2, 0) is 0 Å². The summed E-state index contributed by atoms with van der Waals surface area (Å²) in [4.78, 5) is 2.51. The lowest BCUT2D eigenvalue weighted by Crippen LogP contribution is -2.11. The quantitative estimate of drug-likeness (QED) is 0.166. The second kappa shape index (κ2) is 12.9. The molecule has 0 aliphatic carbocycles. The molecule has 3 heteroatoms. The molecule has 0 aliphatic rings. The number of aromatic nitrogens is 1. The Hall–Kier alpha value is -6.94. The zero-order valence-electron chi connectivity index (χ0n) is 29.9. The Morgan fingerprint density at radius 3 is 1.85 bits per heavy atom. The summed E-state index contributed by atoms with van der Waals surface area (Å²) in [5.41, 5.74) is 11.8. The van der Waals surface area contributed by atoms with Crippen LogP contribution in [0.25, 0.3) is 80.7 Å². The number of rotatable bonds is 6. The van der Waals surface area contributed by atoms with Gasteiger partial charge in [0.15, 0.2) is 0 Å². The first kappa shape index (κ1) is 31.6. The van der Waals surface area contributed by atoms with E-state index in [1.807, 2.05) is 11.3 Å². The van der Waals surface area contributed by atoms with E-state index in [1.54, 1.807) is 0 Å². The largest absolute Gasteiger partial charge is 0.309 e. The number of nitrogens with zero attached hydrogens (tertiary/aromatic N) is 2. The Labute approximate surface area is 323 Å². The average Bonchev–Trinajstić information content (AvgIpc) is 3.80. The molecular formula is C52H34N2S. The Bertz CT molecular complexity index is 3200. The first-order valence-corrected chi connectivity index (χ1v) is 19.6. The number of anilines is 3. The summed E-state index contributed by atoms with van der Waals surface area (Å²) < 4.78 is 4.96. The molecule has 11 rings (SSSR count). The molecule has 2 aromatic heterocycles. The molecule has 0 unspecified atom stereocenters. The lowest BCUT2D eigenvalue weighted by molar-refractivity contribution is 1.18. The van der Waals surface area contributed by atoms with E-state index in [2.05, 4.69) is 216 Å². The molecule has 0 saturated heterocycles. The Balaban J connectivity index is 1.23. The molecule has 0 radical (unpaired) electrons. The zero-order valence-corrected chi connectivity index (χ0v) is 30.7. The number of hydrogen-bond acceptors (Lipinski definition) is 2. The van der Waals surface area contributed by atoms with E-state index in [4.69, 9.17) is 0 Å². The van der Waals surface area contributed by atoms with Gasteiger partial charge >= 0.3 is 0 Å². The fourth-order valence-electron chi connectivity index (χ4n) is 8.63. The van der Waals surface area contributed by atoms with Gasteiger partial charge in [-0.3, -0.25) is 0 Å². The van der Waals surface area contributed by atoms with Crippen molar-refractivity contribution in [3.05, 3.63) is 206 Å². The smallest absolute Gasteiger partial charge is 0.0555 e. The van der Waals surface area contributed by atoms with Crippen LogP contribution in [0.1, 0.15) is 0 Å². The van der Waals surface area contributed by atoms with Crippen LogP contribution in [-0.4, -0.2) is 4.57 Å². The number of benzene rings is 9. The van der Waals surface area contributed by atoms with Crippen molar-refractivity contribution in [1.82, 2.24) is 4.57 Å². The van der Waals surface area contributed by atoms with Gasteiger partial charge in [0.25, 0.3) is 0 Å². The number of hydrogen-bond donors (Lipinski definition) is 0. The second-order valence-corrected chi connectivity index (χ2v) is 15.1. The molecule has 0 bridgehead atoms. The summed E-state index contributed by atoms with van der Waals surface area (Å²) >= 11 is 1.86. The summed E-state index contributed by atoms with van der Waals surface area (Å²) in [7, 11) is 0. The minimum Gasteiger partial charge on any atom is -0.309 e. The predicted octanol–water partition coefficient (Wildman–Crippen LogP) is 15.1. The Morgan fingerprint density at radius 1 is 0.382 bits per heavy atom. The van der Waals surface area contributed by atoms with Gasteiger partial charge in [0.05, 0.1) is 22.4 Å². The maximum absolute atomic E-state index is 2.51. The van der Waals surface area contributed by atoms with Gasteiger partial charge in [-0.05, 0) is 88.1 Å². The van der Waals surface area contributed by atoms with E-state index < -0.39 is 0 Å². The highest BCUT2D eigenvalue weighted by molar-refractivity contribution is 7.26. The minimum atomic E-state index is 1.11. The molecule has 2 heterocycles. The average molecular weight is 719 g/mol. The van der Waals surface area contributed by atoms with E-state index in [0.717, 1.165) is 22.7 Å². The number of fused-ring (bicyclic) bond motifs is 7. The summed E-state index contributed by atoms with van der Waals surface area (Å²) in [6, 6.07) is 75.2. The third kappa shape index (κ3) is 5.09. The zero-order chi connectivity index (χ0) is 36.3. The van der Waals surface area contributed by atoms with Crippen molar-refractivity contribution < 1.29 is 0 Å². The summed E-state index contributed by atoms with van der Waals surface area (Å²) in [6.07, 6.45) is 0. The molecule has 0 N–H and O–H groups in total. The third-order valence-corrected chi connectivity index (χ3v) is 12.1. The van der Waals surface area contributed by atoms with Crippen LogP contribution in [0.2, 0.25) is 0 Å². The molecule has 2 nitrogen and oxygen atoms in total. The number of para-hydroxylation sites is 3. The molecular weight excluding hydrogens is 685 g/mol. The fraction of sp³-hybridized carbons (Fsp3) is 0. The van der Waals surface area contributed by atoms with E-state index >= 15 is 0 Å². The monoisotopic (exact) mass is 718 g/mol. The van der Waals surface area contributed by atoms with Gasteiger partial charge in [0, 0.05) is 47.9 Å². The molecule has 0 amide bonds. The van der Waals surface area contributed by atoms with Crippen molar-refractivity contribution in [2.24, 2.45) is 0 Å². The van der Waals surface area contributed by atoms with Crippen molar-refractivity contribution in [2.75, 3.05) is 4.90 Å². The van der Waals surface area contributed by atoms with Gasteiger partial charge in [-0.2, -0.15) is 0 Å². The lowest BCUT2D eigenvalue weighted by atomic mass is 9.90. The molecule has 0 atom stereocenters. The predicted molar refractivity (Wildman–Crippen MR) is 237 cm³/mol. The minimum absolute atomic E-state index is 1.11. The molecule has 0 fully saturated rings. The summed E-state index contributed by atoms with van der Waals surface area (Å²) in [6.45, 7) is 0. The lowest BCUT2D eigenvalue weighted by Gasteiger charge is -2.29. The highest BCUT2D eigenvalue weighted by Gasteiger charge is 2.24. The maximum atomic E-state index is 2.51.